The van der Waals surface area contributed by atoms with E-state index in [0.717, 1.165) is 5.57 Å². The van der Waals surface area contributed by atoms with E-state index >= 15 is 0 Å². The van der Waals surface area contributed by atoms with Crippen LogP contribution in [0.25, 0.3) is 0 Å². The fourth-order valence-corrected chi connectivity index (χ4v) is 1.53. The first-order valence-electron chi connectivity index (χ1n) is 6.39. The van der Waals surface area contributed by atoms with Gasteiger partial charge in [-0.25, -0.2) is 9.98 Å². The highest BCUT2D eigenvalue weighted by molar-refractivity contribution is 6.65. The molecule has 0 rings (SSSR count). The van der Waals surface area contributed by atoms with Crippen molar-refractivity contribution in [2.24, 2.45) is 21.6 Å². The van der Waals surface area contributed by atoms with Gasteiger partial charge in [0.25, 0.3) is 0 Å². The minimum absolute atomic E-state index is 0.0396. The lowest BCUT2D eigenvalue weighted by molar-refractivity contribution is 0.229. The van der Waals surface area contributed by atoms with Gasteiger partial charge in [0.15, 0.2) is 6.73 Å². The molecule has 0 radical (unpaired) electrons. The van der Waals surface area contributed by atoms with Gasteiger partial charge in [0.2, 0.25) is 5.96 Å². The number of halogens is 1. The summed E-state index contributed by atoms with van der Waals surface area (Å²) >= 11 is 5.59. The molecule has 0 saturated heterocycles. The Morgan fingerprint density at radius 3 is 2.62 bits per heavy atom. The third-order valence-electron chi connectivity index (χ3n) is 2.56. The molecule has 0 amide bonds. The summed E-state index contributed by atoms with van der Waals surface area (Å²) in [7, 11) is 0. The summed E-state index contributed by atoms with van der Waals surface area (Å²) in [4.78, 5) is 7.70. The van der Waals surface area contributed by atoms with Crippen molar-refractivity contribution in [3.05, 3.63) is 35.6 Å². The lowest BCUT2D eigenvalue weighted by atomic mass is 10.0. The number of nitrogens with two attached hydrogens (primary N) is 1. The molecule has 0 aromatic carbocycles. The molecule has 0 heterocycles. The molecule has 0 aliphatic heterocycles. The summed E-state index contributed by atoms with van der Waals surface area (Å²) < 4.78 is 5.52. The molecule has 0 saturated carbocycles. The van der Waals surface area contributed by atoms with Gasteiger partial charge in [-0.05, 0) is 32.4 Å². The van der Waals surface area contributed by atoms with E-state index in [1.54, 1.807) is 6.92 Å². The molecule has 0 aliphatic carbocycles. The maximum Gasteiger partial charge on any atom is 0.219 e. The molecule has 0 fully saturated rings. The minimum Gasteiger partial charge on any atom is -0.471 e. The van der Waals surface area contributed by atoms with E-state index in [-0.39, 0.29) is 18.6 Å². The van der Waals surface area contributed by atoms with Crippen LogP contribution < -0.4 is 5.73 Å². The molecule has 0 aromatic heterocycles. The zero-order valence-corrected chi connectivity index (χ0v) is 13.6. The summed E-state index contributed by atoms with van der Waals surface area (Å²) in [5.41, 5.74) is 6.93. The molecule has 0 spiro atoms. The standard InChI is InChI=1S/C15H21ClN4O/c1-6-14(11(3)7-10(2)12(4)8-17)21-9-19-15(18)20-13(5)16/h6-7,10H,4,9H2,1-3,5H3,(H2,18,19)/b11-7?,14-6-,20-13+. The van der Waals surface area contributed by atoms with Gasteiger partial charge in [0, 0.05) is 11.5 Å². The number of hydrogen-bond acceptors (Lipinski definition) is 3. The first-order chi connectivity index (χ1) is 9.81. The van der Waals surface area contributed by atoms with Crippen LogP contribution in [-0.2, 0) is 4.74 Å². The van der Waals surface area contributed by atoms with Crippen LogP contribution in [0.3, 0.4) is 0 Å². The van der Waals surface area contributed by atoms with Gasteiger partial charge < -0.3 is 10.5 Å². The van der Waals surface area contributed by atoms with Crippen LogP contribution in [-0.4, -0.2) is 17.9 Å². The first-order valence-corrected chi connectivity index (χ1v) is 6.77. The van der Waals surface area contributed by atoms with Crippen molar-refractivity contribution < 1.29 is 4.74 Å². The van der Waals surface area contributed by atoms with Crippen LogP contribution >= 0.6 is 11.6 Å². The Kier molecular flexibility index (Phi) is 8.82. The fourth-order valence-electron chi connectivity index (χ4n) is 1.45. The summed E-state index contributed by atoms with van der Waals surface area (Å²) in [6.07, 6.45) is 3.73. The molecule has 2 N–H and O–H groups in total. The highest BCUT2D eigenvalue weighted by atomic mass is 35.5. The number of nitriles is 1. The van der Waals surface area contributed by atoms with Gasteiger partial charge in [-0.15, -0.1) is 0 Å². The average molecular weight is 309 g/mol. The normalized spacial score (nSPS) is 15.4. The highest BCUT2D eigenvalue weighted by Gasteiger charge is 2.06. The highest BCUT2D eigenvalue weighted by Crippen LogP contribution is 2.17. The molecule has 5 nitrogen and oxygen atoms in total. The second-order valence-electron chi connectivity index (χ2n) is 4.33. The molecule has 0 aliphatic rings. The third-order valence-corrected chi connectivity index (χ3v) is 2.64. The van der Waals surface area contributed by atoms with E-state index < -0.39 is 0 Å². The summed E-state index contributed by atoms with van der Waals surface area (Å²) in [5, 5.41) is 9.12. The van der Waals surface area contributed by atoms with E-state index in [1.165, 1.54) is 0 Å². The van der Waals surface area contributed by atoms with Crippen LogP contribution in [0.1, 0.15) is 27.7 Å². The summed E-state index contributed by atoms with van der Waals surface area (Å²) in [5.74, 6) is 0.673. The average Bonchev–Trinajstić information content (AvgIpc) is 2.41. The molecule has 21 heavy (non-hydrogen) atoms. The SMILES string of the molecule is C=C(C#N)C(C)C=C(C)/C(=C/C)OC/N=C(N)\N=C(/C)Cl. The zero-order chi connectivity index (χ0) is 16.4. The number of rotatable bonds is 6. The minimum atomic E-state index is -0.0504. The van der Waals surface area contributed by atoms with E-state index in [4.69, 9.17) is 27.3 Å². The zero-order valence-electron chi connectivity index (χ0n) is 12.9. The lowest BCUT2D eigenvalue weighted by Gasteiger charge is -2.11. The Morgan fingerprint density at radius 1 is 1.52 bits per heavy atom. The van der Waals surface area contributed by atoms with Crippen molar-refractivity contribution in [1.82, 2.24) is 0 Å². The Morgan fingerprint density at radius 2 is 2.14 bits per heavy atom. The predicted octanol–water partition coefficient (Wildman–Crippen LogP) is 3.50. The molecule has 1 atom stereocenters. The second-order valence-corrected chi connectivity index (χ2v) is 4.87. The molecule has 1 unspecified atom stereocenters. The summed E-state index contributed by atoms with van der Waals surface area (Å²) in [6, 6.07) is 2.04. The molecular weight excluding hydrogens is 288 g/mol. The van der Waals surface area contributed by atoms with Crippen molar-refractivity contribution in [1.29, 1.82) is 5.26 Å². The van der Waals surface area contributed by atoms with Gasteiger partial charge in [-0.3, -0.25) is 0 Å². The Hall–Kier alpha value is -2.06. The Balaban J connectivity index is 4.76. The van der Waals surface area contributed by atoms with E-state index in [0.29, 0.717) is 16.5 Å². The van der Waals surface area contributed by atoms with Crippen molar-refractivity contribution in [2.75, 3.05) is 6.73 Å². The van der Waals surface area contributed by atoms with Crippen LogP contribution in [0.4, 0.5) is 0 Å². The van der Waals surface area contributed by atoms with Crippen LogP contribution in [0.15, 0.2) is 45.6 Å². The Labute approximate surface area is 131 Å². The number of allylic oxidation sites excluding steroid dienone is 4. The van der Waals surface area contributed by atoms with Crippen molar-refractivity contribution in [2.45, 2.75) is 27.7 Å². The largest absolute Gasteiger partial charge is 0.471 e. The van der Waals surface area contributed by atoms with E-state index in [1.807, 2.05) is 39.0 Å². The maximum atomic E-state index is 8.81. The van der Waals surface area contributed by atoms with Gasteiger partial charge in [-0.1, -0.05) is 31.2 Å². The number of ether oxygens (including phenoxy) is 1. The number of nitrogens with zero attached hydrogens (tertiary/aromatic N) is 3. The van der Waals surface area contributed by atoms with E-state index in [2.05, 4.69) is 16.6 Å². The van der Waals surface area contributed by atoms with Gasteiger partial charge in [0.05, 0.1) is 6.07 Å². The van der Waals surface area contributed by atoms with Crippen molar-refractivity contribution in [3.8, 4) is 6.07 Å². The number of guanidine groups is 1. The lowest BCUT2D eigenvalue weighted by Crippen LogP contribution is -2.11. The van der Waals surface area contributed by atoms with Gasteiger partial charge >= 0.3 is 0 Å². The van der Waals surface area contributed by atoms with Gasteiger partial charge in [-0.2, -0.15) is 5.26 Å². The van der Waals surface area contributed by atoms with Crippen LogP contribution in [0.2, 0.25) is 0 Å². The molecule has 114 valence electrons. The molecule has 6 heteroatoms. The topological polar surface area (TPSA) is 83.8 Å². The second kappa shape index (κ2) is 9.78. The maximum absolute atomic E-state index is 8.81. The smallest absolute Gasteiger partial charge is 0.219 e. The van der Waals surface area contributed by atoms with Crippen LogP contribution in [0.5, 0.6) is 0 Å². The third kappa shape index (κ3) is 7.95. The molecule has 0 bridgehead atoms. The van der Waals surface area contributed by atoms with Gasteiger partial charge in [0.1, 0.15) is 10.9 Å². The number of aliphatic imine (C=N–C) groups is 2. The van der Waals surface area contributed by atoms with E-state index in [9.17, 15) is 0 Å². The van der Waals surface area contributed by atoms with Crippen LogP contribution in [0, 0.1) is 17.2 Å². The first kappa shape index (κ1) is 18.9. The monoisotopic (exact) mass is 308 g/mol. The fraction of sp³-hybridized carbons (Fsp3) is 0.400. The number of hydrogen-bond donors (Lipinski definition) is 1. The quantitative estimate of drug-likeness (QED) is 0.268. The summed E-state index contributed by atoms with van der Waals surface area (Å²) in [6.45, 7) is 11.0. The van der Waals surface area contributed by atoms with Crippen molar-refractivity contribution >= 4 is 22.7 Å². The Bertz CT molecular complexity index is 534. The van der Waals surface area contributed by atoms with Crippen molar-refractivity contribution in [3.63, 3.8) is 0 Å². The molecular formula is C15H21ClN4O. The predicted molar refractivity (Wildman–Crippen MR) is 88.0 cm³/mol. The molecule has 0 aromatic rings.